The van der Waals surface area contributed by atoms with Crippen LogP contribution in [0, 0.1) is 17.0 Å². The Morgan fingerprint density at radius 1 is 1.11 bits per heavy atom. The summed E-state index contributed by atoms with van der Waals surface area (Å²) in [6, 6.07) is 21.8. The molecular formula is C27H24N6O4S. The second kappa shape index (κ2) is 12.5. The van der Waals surface area contributed by atoms with Crippen LogP contribution in [0.3, 0.4) is 0 Å². The van der Waals surface area contributed by atoms with Gasteiger partial charge in [0, 0.05) is 23.5 Å². The van der Waals surface area contributed by atoms with Crippen molar-refractivity contribution in [2.24, 2.45) is 5.10 Å². The molecule has 4 rings (SSSR count). The lowest BCUT2D eigenvalue weighted by atomic mass is 10.2. The molecular weight excluding hydrogens is 504 g/mol. The number of hydrogen-bond acceptors (Lipinski definition) is 8. The highest BCUT2D eigenvalue weighted by Crippen LogP contribution is 2.29. The Bertz CT molecular complexity index is 1480. The van der Waals surface area contributed by atoms with Gasteiger partial charge in [0.2, 0.25) is 0 Å². The van der Waals surface area contributed by atoms with Gasteiger partial charge in [-0.05, 0) is 61.5 Å². The predicted molar refractivity (Wildman–Crippen MR) is 148 cm³/mol. The van der Waals surface area contributed by atoms with E-state index in [1.165, 1.54) is 30.1 Å². The number of nitro benzene ring substituents is 1. The highest BCUT2D eigenvalue weighted by Gasteiger charge is 2.17. The molecule has 1 amide bonds. The number of carbonyl (C=O) groups is 1. The van der Waals surface area contributed by atoms with Gasteiger partial charge < -0.3 is 4.74 Å². The Labute approximate surface area is 223 Å². The number of nitrogens with zero attached hydrogens (tertiary/aromatic N) is 5. The Balaban J connectivity index is 1.44. The van der Waals surface area contributed by atoms with Crippen LogP contribution in [0.5, 0.6) is 5.75 Å². The van der Waals surface area contributed by atoms with Crippen LogP contribution in [0.4, 0.5) is 5.69 Å². The molecule has 0 unspecified atom stereocenters. The number of benzene rings is 3. The second-order valence-electron chi connectivity index (χ2n) is 7.98. The van der Waals surface area contributed by atoms with Gasteiger partial charge in [0.25, 0.3) is 11.6 Å². The average molecular weight is 529 g/mol. The van der Waals surface area contributed by atoms with E-state index in [2.05, 4.69) is 20.7 Å². The van der Waals surface area contributed by atoms with Gasteiger partial charge in [-0.2, -0.15) is 5.10 Å². The number of ether oxygens (including phenoxy) is 1. The van der Waals surface area contributed by atoms with Gasteiger partial charge in [0.1, 0.15) is 5.75 Å². The van der Waals surface area contributed by atoms with Crippen molar-refractivity contribution in [3.8, 4) is 22.8 Å². The van der Waals surface area contributed by atoms with Gasteiger partial charge in [-0.25, -0.2) is 5.43 Å². The first-order valence-electron chi connectivity index (χ1n) is 11.5. The fraction of sp³-hybridized carbons (Fsp3) is 0.111. The van der Waals surface area contributed by atoms with Crippen molar-refractivity contribution in [1.82, 2.24) is 20.2 Å². The Kier molecular flexibility index (Phi) is 8.62. The number of thioether (sulfide) groups is 1. The summed E-state index contributed by atoms with van der Waals surface area (Å²) in [4.78, 5) is 23.0. The Morgan fingerprint density at radius 3 is 2.55 bits per heavy atom. The fourth-order valence-corrected chi connectivity index (χ4v) is 4.22. The number of para-hydroxylation sites is 1. The van der Waals surface area contributed by atoms with E-state index in [1.54, 1.807) is 31.4 Å². The molecule has 1 N–H and O–H groups in total. The predicted octanol–water partition coefficient (Wildman–Crippen LogP) is 5.07. The Morgan fingerprint density at radius 2 is 1.84 bits per heavy atom. The van der Waals surface area contributed by atoms with Crippen molar-refractivity contribution in [2.75, 3.05) is 12.9 Å². The first kappa shape index (κ1) is 26.3. The number of hydrazone groups is 1. The van der Waals surface area contributed by atoms with Crippen LogP contribution in [0.1, 0.15) is 11.1 Å². The molecule has 0 aliphatic carbocycles. The van der Waals surface area contributed by atoms with Gasteiger partial charge in [-0.15, -0.1) is 10.2 Å². The van der Waals surface area contributed by atoms with Gasteiger partial charge in [0.15, 0.2) is 11.0 Å². The number of methoxy groups -OCH3 is 1. The van der Waals surface area contributed by atoms with E-state index in [9.17, 15) is 14.9 Å². The van der Waals surface area contributed by atoms with Gasteiger partial charge in [-0.1, -0.05) is 41.6 Å². The minimum Gasteiger partial charge on any atom is -0.497 e. The van der Waals surface area contributed by atoms with Crippen LogP contribution >= 0.6 is 11.8 Å². The minimum absolute atomic E-state index is 0.00992. The number of aryl methyl sites for hydroxylation is 1. The first-order valence-corrected chi connectivity index (χ1v) is 12.5. The third-order valence-corrected chi connectivity index (χ3v) is 6.29. The maximum atomic E-state index is 12.4. The molecule has 1 aromatic heterocycles. The fourth-order valence-electron chi connectivity index (χ4n) is 3.47. The molecule has 0 bridgehead atoms. The molecule has 11 heteroatoms. The number of rotatable bonds is 10. The molecule has 10 nitrogen and oxygen atoms in total. The number of aromatic nitrogens is 3. The van der Waals surface area contributed by atoms with Crippen LogP contribution in [0.15, 0.2) is 89.1 Å². The number of amides is 1. The molecule has 0 aliphatic rings. The summed E-state index contributed by atoms with van der Waals surface area (Å²) in [5.74, 6) is 1.09. The molecule has 192 valence electrons. The third kappa shape index (κ3) is 6.51. The largest absolute Gasteiger partial charge is 0.497 e. The van der Waals surface area contributed by atoms with E-state index in [1.807, 2.05) is 60.0 Å². The molecule has 0 spiro atoms. The average Bonchev–Trinajstić information content (AvgIpc) is 3.36. The molecule has 38 heavy (non-hydrogen) atoms. The standard InChI is InChI=1S/C27H24N6O4S/c1-19-9-13-22(14-10-19)32-26(21-11-15-23(37-2)16-12-21)30-31-27(32)38-18-25(34)29-28-17-5-7-20-6-3-4-8-24(20)33(35)36/h3-17H,18H2,1-2H3,(H,29,34)/b7-5+,28-17+. The molecule has 0 saturated heterocycles. The van der Waals surface area contributed by atoms with E-state index in [0.717, 1.165) is 22.6 Å². The molecule has 0 fully saturated rings. The summed E-state index contributed by atoms with van der Waals surface area (Å²) < 4.78 is 7.15. The quantitative estimate of drug-likeness (QED) is 0.132. The summed E-state index contributed by atoms with van der Waals surface area (Å²) in [5, 5.41) is 24.2. The van der Waals surface area contributed by atoms with Crippen LogP contribution in [-0.2, 0) is 4.79 Å². The normalized spacial score (nSPS) is 11.2. The molecule has 3 aromatic carbocycles. The zero-order chi connectivity index (χ0) is 26.9. The third-order valence-electron chi connectivity index (χ3n) is 5.37. The zero-order valence-electron chi connectivity index (χ0n) is 20.6. The summed E-state index contributed by atoms with van der Waals surface area (Å²) in [5.41, 5.74) is 5.72. The summed E-state index contributed by atoms with van der Waals surface area (Å²) in [6.07, 6.45) is 4.42. The summed E-state index contributed by atoms with van der Waals surface area (Å²) >= 11 is 1.23. The molecule has 4 aromatic rings. The number of nitrogens with one attached hydrogen (secondary N) is 1. The zero-order valence-corrected chi connectivity index (χ0v) is 21.5. The second-order valence-corrected chi connectivity index (χ2v) is 8.93. The first-order chi connectivity index (χ1) is 18.5. The van der Waals surface area contributed by atoms with Crippen molar-refractivity contribution in [3.05, 3.63) is 100 Å². The molecule has 0 atom stereocenters. The number of hydrogen-bond donors (Lipinski definition) is 1. The van der Waals surface area contributed by atoms with E-state index in [0.29, 0.717) is 16.5 Å². The summed E-state index contributed by atoms with van der Waals surface area (Å²) in [6.45, 7) is 2.01. The maximum Gasteiger partial charge on any atom is 0.276 e. The van der Waals surface area contributed by atoms with Crippen LogP contribution in [-0.4, -0.2) is 44.7 Å². The smallest absolute Gasteiger partial charge is 0.276 e. The van der Waals surface area contributed by atoms with Crippen LogP contribution in [0.25, 0.3) is 23.2 Å². The maximum absolute atomic E-state index is 12.4. The SMILES string of the molecule is COc1ccc(-c2nnc(SCC(=O)N/N=C/C=C/c3ccccc3[N+](=O)[O-])n2-c2ccc(C)cc2)cc1. The van der Waals surface area contributed by atoms with Crippen molar-refractivity contribution < 1.29 is 14.5 Å². The minimum atomic E-state index is -0.453. The lowest BCUT2D eigenvalue weighted by molar-refractivity contribution is -0.385. The van der Waals surface area contributed by atoms with E-state index < -0.39 is 4.92 Å². The topological polar surface area (TPSA) is 125 Å². The van der Waals surface area contributed by atoms with E-state index in [4.69, 9.17) is 4.74 Å². The number of carbonyl (C=O) groups excluding carboxylic acids is 1. The van der Waals surface area contributed by atoms with E-state index >= 15 is 0 Å². The summed E-state index contributed by atoms with van der Waals surface area (Å²) in [7, 11) is 1.61. The van der Waals surface area contributed by atoms with Gasteiger partial charge in [0.05, 0.1) is 23.3 Å². The molecule has 0 aliphatic heterocycles. The molecule has 1 heterocycles. The molecule has 0 saturated carbocycles. The monoisotopic (exact) mass is 528 g/mol. The van der Waals surface area contributed by atoms with Crippen LogP contribution in [0.2, 0.25) is 0 Å². The van der Waals surface area contributed by atoms with Gasteiger partial charge in [-0.3, -0.25) is 19.5 Å². The highest BCUT2D eigenvalue weighted by atomic mass is 32.2. The highest BCUT2D eigenvalue weighted by molar-refractivity contribution is 7.99. The van der Waals surface area contributed by atoms with Crippen molar-refractivity contribution in [3.63, 3.8) is 0 Å². The number of allylic oxidation sites excluding steroid dienone is 1. The van der Waals surface area contributed by atoms with E-state index in [-0.39, 0.29) is 17.3 Å². The van der Waals surface area contributed by atoms with Crippen molar-refractivity contribution in [2.45, 2.75) is 12.1 Å². The van der Waals surface area contributed by atoms with Crippen molar-refractivity contribution >= 4 is 35.6 Å². The molecule has 0 radical (unpaired) electrons. The van der Waals surface area contributed by atoms with Crippen LogP contribution < -0.4 is 10.2 Å². The van der Waals surface area contributed by atoms with Gasteiger partial charge >= 0.3 is 0 Å². The lowest BCUT2D eigenvalue weighted by Crippen LogP contribution is -2.19. The lowest BCUT2D eigenvalue weighted by Gasteiger charge is -2.11. The van der Waals surface area contributed by atoms with Crippen molar-refractivity contribution in [1.29, 1.82) is 0 Å². The Hall–Kier alpha value is -4.77. The number of nitro groups is 1.